The Morgan fingerprint density at radius 2 is 1.77 bits per heavy atom. The van der Waals surface area contributed by atoms with Gasteiger partial charge < -0.3 is 28.8 Å². The van der Waals surface area contributed by atoms with Gasteiger partial charge in [-0.15, -0.1) is 0 Å². The molecule has 31 heavy (non-hydrogen) atoms. The van der Waals surface area contributed by atoms with Gasteiger partial charge in [0.15, 0.2) is 6.29 Å². The highest BCUT2D eigenvalue weighted by Gasteiger charge is 2.48. The molecule has 2 fully saturated rings. The summed E-state index contributed by atoms with van der Waals surface area (Å²) in [6, 6.07) is 0. The highest BCUT2D eigenvalue weighted by atomic mass is 16.7. The van der Waals surface area contributed by atoms with Crippen molar-refractivity contribution < 1.29 is 28.8 Å². The molecule has 180 valence electrons. The SMILES string of the molecule is CC[C@H](OC)[C@@H](C)[C@H]1C[C@@H]1[C@H](O)[C@@H](C)/C=C/C=C(\C)[C@H]1O[C@@H](OC)C[C@H](OC)[C@@H]1OC. The number of aliphatic hydroxyl groups excluding tert-OH is 1. The van der Waals surface area contributed by atoms with E-state index in [0.717, 1.165) is 18.4 Å². The average molecular weight is 441 g/mol. The van der Waals surface area contributed by atoms with Crippen LogP contribution in [0, 0.1) is 23.7 Å². The molecule has 6 heteroatoms. The van der Waals surface area contributed by atoms with E-state index < -0.39 is 0 Å². The Morgan fingerprint density at radius 1 is 1.06 bits per heavy atom. The lowest BCUT2D eigenvalue weighted by molar-refractivity contribution is -0.241. The van der Waals surface area contributed by atoms with Crippen molar-refractivity contribution >= 4 is 0 Å². The van der Waals surface area contributed by atoms with E-state index >= 15 is 0 Å². The zero-order chi connectivity index (χ0) is 23.1. The molecule has 0 amide bonds. The van der Waals surface area contributed by atoms with E-state index in [1.807, 2.05) is 19.1 Å². The number of rotatable bonds is 12. The van der Waals surface area contributed by atoms with Crippen LogP contribution in [0.15, 0.2) is 23.8 Å². The van der Waals surface area contributed by atoms with Crippen LogP contribution in [-0.2, 0) is 23.7 Å². The van der Waals surface area contributed by atoms with Crippen LogP contribution in [0.4, 0.5) is 0 Å². The third-order valence-corrected chi connectivity index (χ3v) is 7.28. The van der Waals surface area contributed by atoms with Crippen LogP contribution < -0.4 is 0 Å². The molecule has 2 rings (SSSR count). The van der Waals surface area contributed by atoms with Crippen molar-refractivity contribution in [2.75, 3.05) is 28.4 Å². The van der Waals surface area contributed by atoms with Crippen LogP contribution in [0.2, 0.25) is 0 Å². The maximum Gasteiger partial charge on any atom is 0.160 e. The van der Waals surface area contributed by atoms with Crippen molar-refractivity contribution in [3.8, 4) is 0 Å². The van der Waals surface area contributed by atoms with Crippen molar-refractivity contribution in [2.24, 2.45) is 23.7 Å². The number of hydrogen-bond donors (Lipinski definition) is 1. The van der Waals surface area contributed by atoms with Gasteiger partial charge in [0.25, 0.3) is 0 Å². The van der Waals surface area contributed by atoms with Gasteiger partial charge in [-0.1, -0.05) is 39.0 Å². The first kappa shape index (κ1) is 26.5. The zero-order valence-corrected chi connectivity index (χ0v) is 20.6. The first-order valence-electron chi connectivity index (χ1n) is 11.6. The lowest BCUT2D eigenvalue weighted by Crippen LogP contribution is -2.51. The summed E-state index contributed by atoms with van der Waals surface area (Å²) in [6.07, 6.45) is 7.96. The van der Waals surface area contributed by atoms with Gasteiger partial charge in [-0.05, 0) is 43.1 Å². The molecule has 0 aromatic carbocycles. The normalized spacial score (nSPS) is 35.7. The Kier molecular flexibility index (Phi) is 10.7. The summed E-state index contributed by atoms with van der Waals surface area (Å²) in [5, 5.41) is 10.8. The summed E-state index contributed by atoms with van der Waals surface area (Å²) in [5.41, 5.74) is 1.04. The quantitative estimate of drug-likeness (QED) is 0.463. The fraction of sp³-hybridized carbons (Fsp3) is 0.840. The van der Waals surface area contributed by atoms with Gasteiger partial charge in [-0.2, -0.15) is 0 Å². The molecule has 0 aromatic heterocycles. The second-order valence-electron chi connectivity index (χ2n) is 9.18. The monoisotopic (exact) mass is 440 g/mol. The predicted octanol–water partition coefficient (Wildman–Crippen LogP) is 3.97. The maximum atomic E-state index is 10.8. The van der Waals surface area contributed by atoms with E-state index in [1.54, 1.807) is 28.4 Å². The molecule has 0 spiro atoms. The topological polar surface area (TPSA) is 66.4 Å². The number of ether oxygens (including phenoxy) is 5. The smallest absolute Gasteiger partial charge is 0.160 e. The first-order valence-corrected chi connectivity index (χ1v) is 11.6. The van der Waals surface area contributed by atoms with Crippen LogP contribution in [0.5, 0.6) is 0 Å². The minimum absolute atomic E-state index is 0.0813. The molecule has 0 radical (unpaired) electrons. The van der Waals surface area contributed by atoms with Crippen molar-refractivity contribution in [1.82, 2.24) is 0 Å². The molecule has 0 bridgehead atoms. The summed E-state index contributed by atoms with van der Waals surface area (Å²) in [7, 11) is 6.80. The van der Waals surface area contributed by atoms with Gasteiger partial charge in [0, 0.05) is 40.8 Å². The molecule has 1 saturated carbocycles. The van der Waals surface area contributed by atoms with Gasteiger partial charge in [0.2, 0.25) is 0 Å². The standard InChI is InChI=1S/C25H44O6/c1-9-20(27-5)17(4)18-13-19(18)23(26)15(2)11-10-12-16(3)24-25(30-8)21(28-6)14-22(29-7)31-24/h10-12,15,17-26H,9,13-14H2,1-8H3/b11-10+,16-12+/t15-,17-,18+,19-,20-,21-,22+,23+,24+,25-/m0/s1. The van der Waals surface area contributed by atoms with Crippen LogP contribution in [0.3, 0.4) is 0 Å². The molecule has 1 N–H and O–H groups in total. The van der Waals surface area contributed by atoms with Gasteiger partial charge in [0.1, 0.15) is 12.2 Å². The molecular formula is C25H44O6. The van der Waals surface area contributed by atoms with E-state index in [4.69, 9.17) is 23.7 Å². The molecular weight excluding hydrogens is 396 g/mol. The van der Waals surface area contributed by atoms with Gasteiger partial charge in [-0.25, -0.2) is 0 Å². The largest absolute Gasteiger partial charge is 0.392 e. The van der Waals surface area contributed by atoms with Gasteiger partial charge >= 0.3 is 0 Å². The van der Waals surface area contributed by atoms with Crippen LogP contribution in [0.1, 0.15) is 47.0 Å². The minimum Gasteiger partial charge on any atom is -0.392 e. The van der Waals surface area contributed by atoms with E-state index in [2.05, 4.69) is 26.8 Å². The van der Waals surface area contributed by atoms with Crippen LogP contribution in [-0.4, -0.2) is 70.4 Å². The minimum atomic E-state index is -0.333. The Hall–Kier alpha value is -0.760. The van der Waals surface area contributed by atoms with Crippen LogP contribution >= 0.6 is 0 Å². The highest BCUT2D eigenvalue weighted by molar-refractivity contribution is 5.18. The molecule has 1 saturated heterocycles. The van der Waals surface area contributed by atoms with Crippen molar-refractivity contribution in [3.63, 3.8) is 0 Å². The number of aliphatic hydroxyl groups is 1. The van der Waals surface area contributed by atoms with Crippen LogP contribution in [0.25, 0.3) is 0 Å². The average Bonchev–Trinajstić information content (AvgIpc) is 3.58. The van der Waals surface area contributed by atoms with E-state index in [-0.39, 0.29) is 42.7 Å². The number of hydrogen-bond acceptors (Lipinski definition) is 6. The Balaban J connectivity index is 1.96. The highest BCUT2D eigenvalue weighted by Crippen LogP contribution is 2.49. The molecule has 0 aromatic rings. The molecule has 1 aliphatic carbocycles. The lowest BCUT2D eigenvalue weighted by atomic mass is 9.91. The molecule has 1 aliphatic heterocycles. The zero-order valence-electron chi connectivity index (χ0n) is 20.6. The van der Waals surface area contributed by atoms with Gasteiger partial charge in [0.05, 0.1) is 18.3 Å². The summed E-state index contributed by atoms with van der Waals surface area (Å²) < 4.78 is 28.4. The van der Waals surface area contributed by atoms with E-state index in [1.165, 1.54) is 0 Å². The van der Waals surface area contributed by atoms with Crippen molar-refractivity contribution in [2.45, 2.75) is 83.8 Å². The number of methoxy groups -OCH3 is 4. The first-order chi connectivity index (χ1) is 14.8. The third kappa shape index (κ3) is 6.62. The molecule has 6 nitrogen and oxygen atoms in total. The second kappa shape index (κ2) is 12.5. The summed E-state index contributed by atoms with van der Waals surface area (Å²) in [6.45, 7) is 8.51. The third-order valence-electron chi connectivity index (χ3n) is 7.28. The second-order valence-corrected chi connectivity index (χ2v) is 9.18. The van der Waals surface area contributed by atoms with Gasteiger partial charge in [-0.3, -0.25) is 0 Å². The molecule has 2 aliphatic rings. The van der Waals surface area contributed by atoms with E-state index in [9.17, 15) is 5.11 Å². The molecule has 0 unspecified atom stereocenters. The Bertz CT molecular complexity index is 587. The summed E-state index contributed by atoms with van der Waals surface area (Å²) >= 11 is 0. The predicted molar refractivity (Wildman–Crippen MR) is 122 cm³/mol. The van der Waals surface area contributed by atoms with Crippen molar-refractivity contribution in [3.05, 3.63) is 23.8 Å². The van der Waals surface area contributed by atoms with Crippen molar-refractivity contribution in [1.29, 1.82) is 0 Å². The maximum absolute atomic E-state index is 10.8. The fourth-order valence-electron chi connectivity index (χ4n) is 5.08. The number of allylic oxidation sites excluding steroid dienone is 2. The fourth-order valence-corrected chi connectivity index (χ4v) is 5.08. The molecule has 10 atom stereocenters. The molecule has 1 heterocycles. The lowest BCUT2D eigenvalue weighted by Gasteiger charge is -2.40. The Labute approximate surface area is 188 Å². The summed E-state index contributed by atoms with van der Waals surface area (Å²) in [4.78, 5) is 0. The Morgan fingerprint density at radius 3 is 2.32 bits per heavy atom. The summed E-state index contributed by atoms with van der Waals surface area (Å²) in [5.74, 6) is 1.46. The van der Waals surface area contributed by atoms with E-state index in [0.29, 0.717) is 24.2 Å².